The van der Waals surface area contributed by atoms with Gasteiger partial charge in [-0.05, 0) is 38.7 Å². The van der Waals surface area contributed by atoms with E-state index in [4.69, 9.17) is 15.5 Å². The number of hydrogen-bond acceptors (Lipinski definition) is 8. The first kappa shape index (κ1) is 21.1. The molecule has 2 fully saturated rings. The summed E-state index contributed by atoms with van der Waals surface area (Å²) in [6, 6.07) is 2.91. The van der Waals surface area contributed by atoms with Crippen molar-refractivity contribution in [2.45, 2.75) is 50.2 Å². The fourth-order valence-electron chi connectivity index (χ4n) is 5.17. The highest BCUT2D eigenvalue weighted by Crippen LogP contribution is 2.42. The van der Waals surface area contributed by atoms with Crippen molar-refractivity contribution in [1.82, 2.24) is 29.4 Å². The monoisotopic (exact) mass is 466 g/mol. The Morgan fingerprint density at radius 3 is 2.85 bits per heavy atom. The van der Waals surface area contributed by atoms with E-state index in [0.29, 0.717) is 22.4 Å². The van der Waals surface area contributed by atoms with E-state index in [0.717, 1.165) is 44.5 Å². The Morgan fingerprint density at radius 1 is 1.26 bits per heavy atom. The molecule has 3 N–H and O–H groups in total. The first-order valence-corrected chi connectivity index (χ1v) is 11.5. The smallest absolute Gasteiger partial charge is 0.223 e. The Kier molecular flexibility index (Phi) is 4.67. The molecule has 0 radical (unpaired) electrons. The number of nitrogens with two attached hydrogens (primary N) is 1. The van der Waals surface area contributed by atoms with Crippen LogP contribution in [-0.2, 0) is 0 Å². The minimum atomic E-state index is -0.700. The number of methoxy groups -OCH3 is 1. The maximum Gasteiger partial charge on any atom is 0.223 e. The van der Waals surface area contributed by atoms with E-state index in [1.165, 1.54) is 23.8 Å². The third kappa shape index (κ3) is 3.25. The molecule has 1 aromatic carbocycles. The molecule has 0 bridgehead atoms. The zero-order valence-corrected chi connectivity index (χ0v) is 19.1. The fourth-order valence-corrected chi connectivity index (χ4v) is 5.17. The highest BCUT2D eigenvalue weighted by Gasteiger charge is 2.43. The number of nitrogens with zero attached hydrogens (tertiary/aromatic N) is 7. The molecule has 1 saturated heterocycles. The summed E-state index contributed by atoms with van der Waals surface area (Å²) < 4.78 is 22.9. The van der Waals surface area contributed by atoms with Crippen LogP contribution in [0.2, 0.25) is 0 Å². The SMILES string of the molecule is COc1cc2nc(N)n3nc([C@@H]4CCCN(c5cnn(C6CC[C@]6(C)O)c5)C4)nc3c2cc1F. The first-order chi connectivity index (χ1) is 16.3. The molecular formula is C23H27FN8O2. The van der Waals surface area contributed by atoms with Gasteiger partial charge in [-0.15, -0.1) is 5.10 Å². The second-order valence-electron chi connectivity index (χ2n) is 9.55. The molecule has 3 aromatic heterocycles. The molecule has 0 amide bonds. The maximum absolute atomic E-state index is 14.4. The summed E-state index contributed by atoms with van der Waals surface area (Å²) in [4.78, 5) is 11.4. The van der Waals surface area contributed by atoms with Gasteiger partial charge in [0.25, 0.3) is 0 Å². The van der Waals surface area contributed by atoms with E-state index < -0.39 is 11.4 Å². The third-order valence-electron chi connectivity index (χ3n) is 7.29. The van der Waals surface area contributed by atoms with Gasteiger partial charge in [0.2, 0.25) is 5.95 Å². The molecule has 1 unspecified atom stereocenters. The van der Waals surface area contributed by atoms with E-state index in [-0.39, 0.29) is 23.7 Å². The van der Waals surface area contributed by atoms with E-state index in [1.807, 2.05) is 24.0 Å². The summed E-state index contributed by atoms with van der Waals surface area (Å²) in [5, 5.41) is 20.1. The van der Waals surface area contributed by atoms with Crippen LogP contribution in [0.3, 0.4) is 0 Å². The fraction of sp³-hybridized carbons (Fsp3) is 0.478. The molecule has 4 aromatic rings. The lowest BCUT2D eigenvalue weighted by Crippen LogP contribution is -2.45. The van der Waals surface area contributed by atoms with Crippen molar-refractivity contribution in [2.75, 3.05) is 30.8 Å². The van der Waals surface area contributed by atoms with Gasteiger partial charge in [0.05, 0.1) is 36.2 Å². The van der Waals surface area contributed by atoms with Gasteiger partial charge in [0.15, 0.2) is 23.0 Å². The van der Waals surface area contributed by atoms with Crippen molar-refractivity contribution in [2.24, 2.45) is 0 Å². The van der Waals surface area contributed by atoms with Crippen LogP contribution in [-0.4, -0.2) is 60.3 Å². The number of fused-ring (bicyclic) bond motifs is 3. The second kappa shape index (κ2) is 7.52. The number of benzene rings is 1. The summed E-state index contributed by atoms with van der Waals surface area (Å²) in [6.45, 7) is 3.51. The maximum atomic E-state index is 14.4. The second-order valence-corrected chi connectivity index (χ2v) is 9.55. The summed E-state index contributed by atoms with van der Waals surface area (Å²) in [6.07, 6.45) is 7.52. The molecule has 178 valence electrons. The molecule has 11 heteroatoms. The molecule has 1 saturated carbocycles. The van der Waals surface area contributed by atoms with Gasteiger partial charge in [-0.3, -0.25) is 4.68 Å². The van der Waals surface area contributed by atoms with Crippen LogP contribution in [0, 0.1) is 5.82 Å². The van der Waals surface area contributed by atoms with Crippen molar-refractivity contribution >= 4 is 28.2 Å². The van der Waals surface area contributed by atoms with Crippen LogP contribution in [0.4, 0.5) is 16.0 Å². The highest BCUT2D eigenvalue weighted by molar-refractivity contribution is 5.93. The number of rotatable bonds is 4. The predicted octanol–water partition coefficient (Wildman–Crippen LogP) is 2.67. The van der Waals surface area contributed by atoms with E-state index >= 15 is 0 Å². The Labute approximate surface area is 195 Å². The van der Waals surface area contributed by atoms with Crippen LogP contribution in [0.5, 0.6) is 5.75 Å². The third-order valence-corrected chi connectivity index (χ3v) is 7.29. The largest absolute Gasteiger partial charge is 0.494 e. The van der Waals surface area contributed by atoms with Gasteiger partial charge < -0.3 is 20.5 Å². The number of halogens is 1. The Balaban J connectivity index is 1.31. The predicted molar refractivity (Wildman–Crippen MR) is 125 cm³/mol. The normalized spacial score (nSPS) is 25.1. The van der Waals surface area contributed by atoms with Gasteiger partial charge in [-0.25, -0.2) is 14.4 Å². The Morgan fingerprint density at radius 2 is 2.12 bits per heavy atom. The van der Waals surface area contributed by atoms with E-state index in [1.54, 1.807) is 0 Å². The van der Waals surface area contributed by atoms with Crippen LogP contribution in [0.15, 0.2) is 24.5 Å². The van der Waals surface area contributed by atoms with Gasteiger partial charge in [-0.1, -0.05) is 0 Å². The summed E-state index contributed by atoms with van der Waals surface area (Å²) in [7, 11) is 1.41. The lowest BCUT2D eigenvalue weighted by Gasteiger charge is -2.42. The number of piperidine rings is 1. The number of anilines is 2. The molecule has 0 spiro atoms. The highest BCUT2D eigenvalue weighted by atomic mass is 19.1. The lowest BCUT2D eigenvalue weighted by atomic mass is 9.76. The summed E-state index contributed by atoms with van der Waals surface area (Å²) >= 11 is 0. The van der Waals surface area contributed by atoms with Crippen molar-refractivity contribution in [3.8, 4) is 5.75 Å². The van der Waals surface area contributed by atoms with Crippen LogP contribution in [0.25, 0.3) is 16.6 Å². The van der Waals surface area contributed by atoms with Gasteiger partial charge in [0.1, 0.15) is 0 Å². The number of hydrogen-bond donors (Lipinski definition) is 2. The zero-order chi connectivity index (χ0) is 23.6. The molecule has 3 atom stereocenters. The quantitative estimate of drug-likeness (QED) is 0.471. The molecule has 4 heterocycles. The Hall–Kier alpha value is -3.47. The molecule has 6 rings (SSSR count). The summed E-state index contributed by atoms with van der Waals surface area (Å²) in [5.41, 5.74) is 7.47. The van der Waals surface area contributed by atoms with Gasteiger partial charge >= 0.3 is 0 Å². The number of aromatic nitrogens is 6. The zero-order valence-electron chi connectivity index (χ0n) is 19.1. The minimum Gasteiger partial charge on any atom is -0.494 e. The van der Waals surface area contributed by atoms with Crippen molar-refractivity contribution in [1.29, 1.82) is 0 Å². The van der Waals surface area contributed by atoms with Gasteiger partial charge in [-0.2, -0.15) is 9.61 Å². The molecule has 1 aliphatic carbocycles. The molecule has 2 aliphatic rings. The molecule has 1 aliphatic heterocycles. The average molecular weight is 467 g/mol. The molecule has 34 heavy (non-hydrogen) atoms. The topological polar surface area (TPSA) is 120 Å². The number of nitrogen functional groups attached to an aromatic ring is 1. The summed E-state index contributed by atoms with van der Waals surface area (Å²) in [5.74, 6) is 0.559. The van der Waals surface area contributed by atoms with Crippen LogP contribution >= 0.6 is 0 Å². The number of aliphatic hydroxyl groups is 1. The molecule has 10 nitrogen and oxygen atoms in total. The van der Waals surface area contributed by atoms with Crippen molar-refractivity contribution < 1.29 is 14.2 Å². The Bertz CT molecular complexity index is 1400. The van der Waals surface area contributed by atoms with E-state index in [9.17, 15) is 9.50 Å². The van der Waals surface area contributed by atoms with Crippen molar-refractivity contribution in [3.05, 3.63) is 36.2 Å². The lowest BCUT2D eigenvalue weighted by molar-refractivity contribution is -0.0737. The number of ether oxygens (including phenoxy) is 1. The van der Waals surface area contributed by atoms with E-state index in [2.05, 4.69) is 20.1 Å². The van der Waals surface area contributed by atoms with Gasteiger partial charge in [0, 0.05) is 36.7 Å². The van der Waals surface area contributed by atoms with Crippen molar-refractivity contribution in [3.63, 3.8) is 0 Å². The van der Waals surface area contributed by atoms with Crippen LogP contribution in [0.1, 0.15) is 50.4 Å². The first-order valence-electron chi connectivity index (χ1n) is 11.5. The minimum absolute atomic E-state index is 0.0183. The molecular weight excluding hydrogens is 439 g/mol. The standard InChI is InChI=1S/C23H27FN8O2/c1-23(33)6-5-19(23)31-12-14(10-26-31)30-7-3-4-13(11-30)20-28-21-15-8-16(24)18(34-2)9-17(15)27-22(25)32(21)29-20/h8-10,12-13,19,33H,3-7,11H2,1-2H3,(H2,25,27)/t13-,19?,23+/m1/s1. The van der Waals surface area contributed by atoms with Crippen LogP contribution < -0.4 is 15.4 Å². The average Bonchev–Trinajstić information content (AvgIpc) is 3.47.